The highest BCUT2D eigenvalue weighted by Crippen LogP contribution is 2.35. The van der Waals surface area contributed by atoms with Crippen molar-refractivity contribution in [2.45, 2.75) is 31.7 Å². The monoisotopic (exact) mass is 275 g/mol. The molecule has 1 amide bonds. The van der Waals surface area contributed by atoms with Gasteiger partial charge >= 0.3 is 0 Å². The third kappa shape index (κ3) is 3.17. The highest BCUT2D eigenvalue weighted by atomic mass is 32.1. The van der Waals surface area contributed by atoms with E-state index in [1.165, 1.54) is 24.2 Å². The molecule has 0 aromatic carbocycles. The fraction of sp³-hybridized carbons (Fsp3) is 0.533. The van der Waals surface area contributed by atoms with Crippen molar-refractivity contribution in [2.24, 2.45) is 5.92 Å². The Morgan fingerprint density at radius 2 is 2.21 bits per heavy atom. The Hall–Kier alpha value is -1.31. The molecule has 3 rings (SSSR count). The zero-order chi connectivity index (χ0) is 13.2. The van der Waals surface area contributed by atoms with E-state index < -0.39 is 0 Å². The van der Waals surface area contributed by atoms with Gasteiger partial charge in [0, 0.05) is 18.0 Å². The average Bonchev–Trinajstić information content (AvgIpc) is 3.32. The summed E-state index contributed by atoms with van der Waals surface area (Å²) in [7, 11) is 0. The van der Waals surface area contributed by atoms with Crippen LogP contribution in [-0.4, -0.2) is 35.1 Å². The molecule has 0 bridgehead atoms. The zero-order valence-electron chi connectivity index (χ0n) is 10.8. The molecule has 2 aliphatic rings. The molecule has 1 aromatic heterocycles. The Labute approximate surface area is 117 Å². The van der Waals surface area contributed by atoms with Gasteiger partial charge in [-0.2, -0.15) is 0 Å². The molecule has 1 N–H and O–H groups in total. The predicted molar refractivity (Wildman–Crippen MR) is 75.1 cm³/mol. The van der Waals surface area contributed by atoms with E-state index in [0.717, 1.165) is 35.7 Å². The summed E-state index contributed by atoms with van der Waals surface area (Å²) in [5.74, 6) is 6.36. The van der Waals surface area contributed by atoms with E-state index in [2.05, 4.69) is 16.7 Å². The SMILES string of the molecule is O=C(c1csc(C#CCO)c1)N(CC1CC1)C1CC1. The van der Waals surface area contributed by atoms with E-state index in [4.69, 9.17) is 5.11 Å². The van der Waals surface area contributed by atoms with Crippen molar-refractivity contribution in [3.05, 3.63) is 21.9 Å². The van der Waals surface area contributed by atoms with Crippen LogP contribution >= 0.6 is 11.3 Å². The summed E-state index contributed by atoms with van der Waals surface area (Å²) in [5.41, 5.74) is 0.750. The maximum absolute atomic E-state index is 12.5. The van der Waals surface area contributed by atoms with Crippen LogP contribution in [0, 0.1) is 17.8 Å². The number of aliphatic hydroxyl groups excluding tert-OH is 1. The van der Waals surface area contributed by atoms with Gasteiger partial charge in [0.15, 0.2) is 0 Å². The molecule has 19 heavy (non-hydrogen) atoms. The smallest absolute Gasteiger partial charge is 0.255 e. The molecule has 100 valence electrons. The number of thiophene rings is 1. The molecule has 0 saturated heterocycles. The third-order valence-electron chi connectivity index (χ3n) is 3.54. The van der Waals surface area contributed by atoms with Crippen LogP contribution in [0.3, 0.4) is 0 Å². The number of rotatable bonds is 4. The molecule has 0 spiro atoms. The van der Waals surface area contributed by atoms with Gasteiger partial charge in [-0.3, -0.25) is 4.79 Å². The van der Waals surface area contributed by atoms with E-state index in [1.54, 1.807) is 0 Å². The fourth-order valence-corrected chi connectivity index (χ4v) is 2.92. The Morgan fingerprint density at radius 3 is 2.84 bits per heavy atom. The normalized spacial score (nSPS) is 17.7. The van der Waals surface area contributed by atoms with Crippen LogP contribution in [-0.2, 0) is 0 Å². The second-order valence-electron chi connectivity index (χ2n) is 5.29. The largest absolute Gasteiger partial charge is 0.384 e. The molecular weight excluding hydrogens is 258 g/mol. The van der Waals surface area contributed by atoms with Crippen molar-refractivity contribution in [1.82, 2.24) is 4.90 Å². The lowest BCUT2D eigenvalue weighted by molar-refractivity contribution is 0.0735. The van der Waals surface area contributed by atoms with Gasteiger partial charge in [0.05, 0.1) is 10.4 Å². The quantitative estimate of drug-likeness (QED) is 0.855. The lowest BCUT2D eigenvalue weighted by Crippen LogP contribution is -2.34. The second kappa shape index (κ2) is 5.36. The summed E-state index contributed by atoms with van der Waals surface area (Å²) in [6.45, 7) is 0.786. The molecule has 2 fully saturated rings. The molecule has 0 atom stereocenters. The van der Waals surface area contributed by atoms with Crippen LogP contribution in [0.1, 0.15) is 40.9 Å². The van der Waals surface area contributed by atoms with E-state index in [1.807, 2.05) is 11.4 Å². The van der Waals surface area contributed by atoms with Crippen LogP contribution in [0.2, 0.25) is 0 Å². The zero-order valence-corrected chi connectivity index (χ0v) is 11.6. The summed E-state index contributed by atoms with van der Waals surface area (Å²) in [6, 6.07) is 2.32. The first kappa shape index (κ1) is 12.7. The van der Waals surface area contributed by atoms with E-state index in [0.29, 0.717) is 6.04 Å². The van der Waals surface area contributed by atoms with E-state index >= 15 is 0 Å². The van der Waals surface area contributed by atoms with Gasteiger partial charge < -0.3 is 10.0 Å². The molecule has 2 aliphatic carbocycles. The Bertz CT molecular complexity index is 532. The van der Waals surface area contributed by atoms with Gasteiger partial charge in [0.1, 0.15) is 6.61 Å². The Balaban J connectivity index is 1.71. The topological polar surface area (TPSA) is 40.5 Å². The van der Waals surface area contributed by atoms with Crippen molar-refractivity contribution >= 4 is 17.2 Å². The number of amides is 1. The fourth-order valence-electron chi connectivity index (χ4n) is 2.17. The summed E-state index contributed by atoms with van der Waals surface area (Å²) in [6.07, 6.45) is 4.85. The van der Waals surface area contributed by atoms with Crippen molar-refractivity contribution in [3.8, 4) is 11.8 Å². The number of hydrogen-bond donors (Lipinski definition) is 1. The average molecular weight is 275 g/mol. The number of carbonyl (C=O) groups is 1. The molecule has 4 heteroatoms. The maximum Gasteiger partial charge on any atom is 0.255 e. The Morgan fingerprint density at radius 1 is 1.42 bits per heavy atom. The van der Waals surface area contributed by atoms with Gasteiger partial charge in [-0.25, -0.2) is 0 Å². The first-order valence-corrected chi connectivity index (χ1v) is 7.65. The second-order valence-corrected chi connectivity index (χ2v) is 6.20. The van der Waals surface area contributed by atoms with Crippen LogP contribution in [0.4, 0.5) is 0 Å². The van der Waals surface area contributed by atoms with Crippen molar-refractivity contribution in [2.75, 3.05) is 13.2 Å². The minimum atomic E-state index is -0.142. The van der Waals surface area contributed by atoms with Crippen molar-refractivity contribution in [1.29, 1.82) is 0 Å². The summed E-state index contributed by atoms with van der Waals surface area (Å²) in [4.78, 5) is 15.4. The van der Waals surface area contributed by atoms with Gasteiger partial charge in [-0.15, -0.1) is 11.3 Å². The number of hydrogen-bond acceptors (Lipinski definition) is 3. The summed E-state index contributed by atoms with van der Waals surface area (Å²) in [5, 5.41) is 10.6. The molecule has 1 heterocycles. The molecular formula is C15H17NO2S. The lowest BCUT2D eigenvalue weighted by atomic mass is 10.2. The third-order valence-corrected chi connectivity index (χ3v) is 4.38. The highest BCUT2D eigenvalue weighted by Gasteiger charge is 2.36. The van der Waals surface area contributed by atoms with Gasteiger partial charge in [-0.05, 0) is 37.7 Å². The van der Waals surface area contributed by atoms with Crippen LogP contribution in [0.15, 0.2) is 11.4 Å². The standard InChI is InChI=1S/C15H17NO2S/c17-7-1-2-14-8-12(10-19-14)15(18)16(13-5-6-13)9-11-3-4-11/h8,10-11,13,17H,3-7,9H2. The van der Waals surface area contributed by atoms with Gasteiger partial charge in [0.2, 0.25) is 0 Å². The highest BCUT2D eigenvalue weighted by molar-refractivity contribution is 7.10. The number of carbonyl (C=O) groups excluding carboxylic acids is 1. The van der Waals surface area contributed by atoms with Crippen LogP contribution in [0.5, 0.6) is 0 Å². The maximum atomic E-state index is 12.5. The molecule has 1 aromatic rings. The van der Waals surface area contributed by atoms with Crippen molar-refractivity contribution in [3.63, 3.8) is 0 Å². The molecule has 0 radical (unpaired) electrons. The first-order valence-electron chi connectivity index (χ1n) is 6.77. The number of nitrogens with zero attached hydrogens (tertiary/aromatic N) is 1. The van der Waals surface area contributed by atoms with E-state index in [-0.39, 0.29) is 12.5 Å². The predicted octanol–water partition coefficient (Wildman–Crippen LogP) is 2.11. The lowest BCUT2D eigenvalue weighted by Gasteiger charge is -2.21. The van der Waals surface area contributed by atoms with Crippen molar-refractivity contribution < 1.29 is 9.90 Å². The summed E-state index contributed by atoms with van der Waals surface area (Å²) >= 11 is 1.47. The van der Waals surface area contributed by atoms with Crippen LogP contribution < -0.4 is 0 Å². The van der Waals surface area contributed by atoms with Gasteiger partial charge in [-0.1, -0.05) is 11.8 Å². The van der Waals surface area contributed by atoms with Crippen LogP contribution in [0.25, 0.3) is 0 Å². The molecule has 0 unspecified atom stereocenters. The summed E-state index contributed by atoms with van der Waals surface area (Å²) < 4.78 is 0. The van der Waals surface area contributed by atoms with Gasteiger partial charge in [0.25, 0.3) is 5.91 Å². The molecule has 0 aliphatic heterocycles. The minimum Gasteiger partial charge on any atom is -0.384 e. The van der Waals surface area contributed by atoms with E-state index in [9.17, 15) is 4.79 Å². The Kier molecular flexibility index (Phi) is 3.58. The minimum absolute atomic E-state index is 0.142. The molecule has 3 nitrogen and oxygen atoms in total. The number of aliphatic hydroxyl groups is 1. The first-order chi connectivity index (χ1) is 9.28. The molecule has 2 saturated carbocycles.